The lowest BCUT2D eigenvalue weighted by Gasteiger charge is -2.31. The molecule has 2 aliphatic rings. The summed E-state index contributed by atoms with van der Waals surface area (Å²) in [4.78, 5) is 24.3. The van der Waals surface area contributed by atoms with E-state index in [4.69, 9.17) is 5.73 Å². The highest BCUT2D eigenvalue weighted by molar-refractivity contribution is 5.84. The van der Waals surface area contributed by atoms with E-state index < -0.39 is 0 Å². The molecule has 0 spiro atoms. The third-order valence-corrected chi connectivity index (χ3v) is 2.96. The number of carbonyl (C=O) groups is 2. The first-order valence-corrected chi connectivity index (χ1v) is 5.01. The Labute approximate surface area is 82.6 Å². The van der Waals surface area contributed by atoms with E-state index in [0.717, 1.165) is 19.4 Å². The predicted octanol–water partition coefficient (Wildman–Crippen LogP) is -1.18. The van der Waals surface area contributed by atoms with Crippen molar-refractivity contribution in [2.75, 3.05) is 13.1 Å². The van der Waals surface area contributed by atoms with E-state index in [1.54, 1.807) is 0 Å². The highest BCUT2D eigenvalue weighted by Gasteiger charge is 2.34. The summed E-state index contributed by atoms with van der Waals surface area (Å²) in [6.45, 7) is 1.32. The molecule has 2 saturated heterocycles. The van der Waals surface area contributed by atoms with Crippen molar-refractivity contribution in [3.63, 3.8) is 0 Å². The van der Waals surface area contributed by atoms with Crippen molar-refractivity contribution in [1.82, 2.24) is 10.2 Å². The second-order valence-corrected chi connectivity index (χ2v) is 3.92. The smallest absolute Gasteiger partial charge is 0.239 e. The van der Waals surface area contributed by atoms with Crippen LogP contribution in [0.3, 0.4) is 0 Å². The molecule has 0 aromatic rings. The van der Waals surface area contributed by atoms with Crippen molar-refractivity contribution >= 4 is 11.8 Å². The third kappa shape index (κ3) is 1.59. The lowest BCUT2D eigenvalue weighted by molar-refractivity contribution is -0.133. The van der Waals surface area contributed by atoms with Gasteiger partial charge in [-0.05, 0) is 12.8 Å². The molecule has 0 saturated carbocycles. The van der Waals surface area contributed by atoms with E-state index in [-0.39, 0.29) is 23.9 Å². The van der Waals surface area contributed by atoms with Crippen LogP contribution in [0.5, 0.6) is 0 Å². The number of nitrogens with two attached hydrogens (primary N) is 1. The molecular weight excluding hydrogens is 182 g/mol. The van der Waals surface area contributed by atoms with Crippen LogP contribution in [0.4, 0.5) is 0 Å². The fraction of sp³-hybridized carbons (Fsp3) is 0.778. The highest BCUT2D eigenvalue weighted by Crippen LogP contribution is 2.17. The predicted molar refractivity (Wildman–Crippen MR) is 50.3 cm³/mol. The van der Waals surface area contributed by atoms with Crippen molar-refractivity contribution in [2.45, 2.75) is 31.3 Å². The lowest BCUT2D eigenvalue weighted by Crippen LogP contribution is -2.50. The first kappa shape index (κ1) is 9.45. The van der Waals surface area contributed by atoms with E-state index in [2.05, 4.69) is 5.32 Å². The molecule has 0 radical (unpaired) electrons. The molecule has 2 amide bonds. The summed E-state index contributed by atoms with van der Waals surface area (Å²) in [5.74, 6) is 0.114. The maximum atomic E-state index is 11.6. The quantitative estimate of drug-likeness (QED) is 0.556. The first-order valence-electron chi connectivity index (χ1n) is 5.01. The molecule has 2 heterocycles. The molecule has 78 valence electrons. The van der Waals surface area contributed by atoms with E-state index in [9.17, 15) is 9.59 Å². The summed E-state index contributed by atoms with van der Waals surface area (Å²) in [5.41, 5.74) is 5.62. The van der Waals surface area contributed by atoms with Crippen molar-refractivity contribution in [2.24, 2.45) is 5.73 Å². The number of amides is 2. The van der Waals surface area contributed by atoms with Crippen LogP contribution in [0.15, 0.2) is 0 Å². The van der Waals surface area contributed by atoms with E-state index in [0.29, 0.717) is 13.0 Å². The molecule has 2 rings (SSSR count). The molecule has 2 fully saturated rings. The molecular formula is C9H15N3O2. The number of piperidine rings is 1. The van der Waals surface area contributed by atoms with Crippen LogP contribution in [0.25, 0.3) is 0 Å². The van der Waals surface area contributed by atoms with E-state index in [1.807, 2.05) is 4.90 Å². The van der Waals surface area contributed by atoms with Gasteiger partial charge in [0, 0.05) is 25.6 Å². The zero-order valence-corrected chi connectivity index (χ0v) is 8.03. The molecule has 2 atom stereocenters. The Morgan fingerprint density at radius 2 is 2.14 bits per heavy atom. The van der Waals surface area contributed by atoms with Crippen molar-refractivity contribution in [3.05, 3.63) is 0 Å². The number of nitrogens with zero attached hydrogens (tertiary/aromatic N) is 1. The molecule has 5 heteroatoms. The average molecular weight is 197 g/mol. The number of rotatable bonds is 1. The van der Waals surface area contributed by atoms with Gasteiger partial charge in [0.05, 0.1) is 6.04 Å². The fourth-order valence-corrected chi connectivity index (χ4v) is 2.07. The molecule has 0 bridgehead atoms. The Morgan fingerprint density at radius 1 is 1.36 bits per heavy atom. The Bertz CT molecular complexity index is 257. The van der Waals surface area contributed by atoms with Gasteiger partial charge in [0.1, 0.15) is 0 Å². The second kappa shape index (κ2) is 3.57. The van der Waals surface area contributed by atoms with Crippen LogP contribution in [0, 0.1) is 0 Å². The van der Waals surface area contributed by atoms with Gasteiger partial charge < -0.3 is 16.0 Å². The minimum absolute atomic E-state index is 0.0335. The van der Waals surface area contributed by atoms with E-state index >= 15 is 0 Å². The van der Waals surface area contributed by atoms with Gasteiger partial charge in [-0.15, -0.1) is 0 Å². The van der Waals surface area contributed by atoms with Crippen molar-refractivity contribution in [1.29, 1.82) is 0 Å². The first-order chi connectivity index (χ1) is 6.68. The van der Waals surface area contributed by atoms with Gasteiger partial charge in [0.15, 0.2) is 0 Å². The van der Waals surface area contributed by atoms with Crippen LogP contribution in [-0.2, 0) is 9.59 Å². The lowest BCUT2D eigenvalue weighted by atomic mass is 10.1. The topological polar surface area (TPSA) is 75.4 Å². The maximum absolute atomic E-state index is 11.6. The van der Waals surface area contributed by atoms with Gasteiger partial charge in [-0.25, -0.2) is 0 Å². The number of carbonyl (C=O) groups excluding carboxylic acids is 2. The van der Waals surface area contributed by atoms with Crippen LogP contribution in [0.1, 0.15) is 19.3 Å². The number of likely N-dealkylation sites (tertiary alicyclic amines) is 1. The molecule has 2 aliphatic heterocycles. The van der Waals surface area contributed by atoms with Gasteiger partial charge in [-0.3, -0.25) is 9.59 Å². The summed E-state index contributed by atoms with van der Waals surface area (Å²) in [5, 5.41) is 2.77. The Hall–Kier alpha value is -1.10. The van der Waals surface area contributed by atoms with Gasteiger partial charge in [0.2, 0.25) is 11.8 Å². The maximum Gasteiger partial charge on any atom is 0.239 e. The molecule has 0 aromatic heterocycles. The zero-order valence-electron chi connectivity index (χ0n) is 8.03. The Balaban J connectivity index is 1.96. The molecule has 14 heavy (non-hydrogen) atoms. The van der Waals surface area contributed by atoms with Gasteiger partial charge in [-0.2, -0.15) is 0 Å². The molecule has 3 N–H and O–H groups in total. The molecule has 0 aliphatic carbocycles. The third-order valence-electron chi connectivity index (χ3n) is 2.96. The minimum atomic E-state index is -0.326. The summed E-state index contributed by atoms with van der Waals surface area (Å²) < 4.78 is 0. The van der Waals surface area contributed by atoms with Crippen molar-refractivity contribution in [3.8, 4) is 0 Å². The largest absolute Gasteiger partial charge is 0.354 e. The summed E-state index contributed by atoms with van der Waals surface area (Å²) in [6.07, 6.45) is 2.03. The van der Waals surface area contributed by atoms with Gasteiger partial charge in [-0.1, -0.05) is 0 Å². The average Bonchev–Trinajstić information content (AvgIpc) is 2.50. The standard InChI is InChI=1S/C9H15N3O2/c10-7-3-4-12(9(7)14)6-1-2-8(13)11-5-6/h6-7H,1-5,10H2,(H,11,13). The summed E-state index contributed by atoms with van der Waals surface area (Å²) >= 11 is 0. The molecule has 2 unspecified atom stereocenters. The highest BCUT2D eigenvalue weighted by atomic mass is 16.2. The van der Waals surface area contributed by atoms with Crippen LogP contribution < -0.4 is 11.1 Å². The molecule has 5 nitrogen and oxygen atoms in total. The normalized spacial score (nSPS) is 33.4. The van der Waals surface area contributed by atoms with E-state index in [1.165, 1.54) is 0 Å². The van der Waals surface area contributed by atoms with Gasteiger partial charge in [0.25, 0.3) is 0 Å². The fourth-order valence-electron chi connectivity index (χ4n) is 2.07. The molecule has 0 aromatic carbocycles. The Kier molecular flexibility index (Phi) is 2.41. The zero-order chi connectivity index (χ0) is 10.1. The monoisotopic (exact) mass is 197 g/mol. The van der Waals surface area contributed by atoms with Gasteiger partial charge >= 0.3 is 0 Å². The number of nitrogens with one attached hydrogen (secondary N) is 1. The second-order valence-electron chi connectivity index (χ2n) is 3.92. The Morgan fingerprint density at radius 3 is 2.64 bits per heavy atom. The van der Waals surface area contributed by atoms with Crippen LogP contribution in [0.2, 0.25) is 0 Å². The number of hydrogen-bond donors (Lipinski definition) is 2. The SMILES string of the molecule is NC1CCN(C2CCC(=O)NC2)C1=O. The summed E-state index contributed by atoms with van der Waals surface area (Å²) in [7, 11) is 0. The number of hydrogen-bond acceptors (Lipinski definition) is 3. The van der Waals surface area contributed by atoms with Crippen molar-refractivity contribution < 1.29 is 9.59 Å². The minimum Gasteiger partial charge on any atom is -0.354 e. The summed E-state index contributed by atoms with van der Waals surface area (Å²) in [6, 6.07) is -0.165. The van der Waals surface area contributed by atoms with Crippen LogP contribution in [-0.4, -0.2) is 41.9 Å². The van der Waals surface area contributed by atoms with Crippen LogP contribution >= 0.6 is 0 Å².